The summed E-state index contributed by atoms with van der Waals surface area (Å²) in [4.78, 5) is 10.4. The lowest BCUT2D eigenvalue weighted by molar-refractivity contribution is 0.198. The van der Waals surface area contributed by atoms with Gasteiger partial charge in [-0.25, -0.2) is 9.97 Å². The van der Waals surface area contributed by atoms with Crippen LogP contribution in [0.1, 0.15) is 6.42 Å². The maximum Gasteiger partial charge on any atom is 0.224 e. The van der Waals surface area contributed by atoms with Crippen LogP contribution in [0.4, 0.5) is 5.82 Å². The Hall–Kier alpha value is -1.66. The topological polar surface area (TPSA) is 58.5 Å². The number of aromatic nitrogens is 2. The monoisotopic (exact) mass is 335 g/mol. The Morgan fingerprint density at radius 3 is 2.90 bits per heavy atom. The second-order valence-electron chi connectivity index (χ2n) is 4.64. The average molecular weight is 336 g/mol. The van der Waals surface area contributed by atoms with Gasteiger partial charge in [-0.05, 0) is 34.5 Å². The van der Waals surface area contributed by atoms with Gasteiger partial charge in [0, 0.05) is 19.2 Å². The van der Waals surface area contributed by atoms with E-state index in [9.17, 15) is 5.11 Å². The molecule has 0 saturated carbocycles. The number of β-amino-alcohol motifs (C(OH)–C–C–N with tert-alkyl or cyclic N) is 1. The second kappa shape index (κ2) is 5.76. The van der Waals surface area contributed by atoms with Gasteiger partial charge in [0.25, 0.3) is 0 Å². The molecule has 20 heavy (non-hydrogen) atoms. The minimum Gasteiger partial charge on any atom is -0.438 e. The molecule has 1 aromatic carbocycles. The Kier molecular flexibility index (Phi) is 3.84. The molecule has 1 fully saturated rings. The normalized spacial score (nSPS) is 18.3. The average Bonchev–Trinajstić information content (AvgIpc) is 2.89. The molecule has 5 nitrogen and oxygen atoms in total. The van der Waals surface area contributed by atoms with Crippen molar-refractivity contribution in [3.05, 3.63) is 41.1 Å². The number of hydrogen-bond donors (Lipinski definition) is 1. The molecular weight excluding hydrogens is 322 g/mol. The van der Waals surface area contributed by atoms with Crippen LogP contribution in [0.25, 0.3) is 0 Å². The third kappa shape index (κ3) is 2.91. The first-order valence-electron chi connectivity index (χ1n) is 6.40. The SMILES string of the molecule is O[C@H]1CCN(c2cc(Oc3ccccc3Br)ncn2)C1. The maximum absolute atomic E-state index is 9.58. The zero-order chi connectivity index (χ0) is 13.9. The molecule has 0 bridgehead atoms. The van der Waals surface area contributed by atoms with E-state index in [1.54, 1.807) is 6.07 Å². The maximum atomic E-state index is 9.58. The van der Waals surface area contributed by atoms with Gasteiger partial charge in [0.1, 0.15) is 17.9 Å². The van der Waals surface area contributed by atoms with E-state index in [4.69, 9.17) is 4.74 Å². The molecule has 104 valence electrons. The predicted octanol–water partition coefficient (Wildman–Crippen LogP) is 2.60. The van der Waals surface area contributed by atoms with Crippen molar-refractivity contribution >= 4 is 21.7 Å². The van der Waals surface area contributed by atoms with Crippen LogP contribution in [0.3, 0.4) is 0 Å². The first-order chi connectivity index (χ1) is 9.72. The zero-order valence-electron chi connectivity index (χ0n) is 10.7. The fourth-order valence-electron chi connectivity index (χ4n) is 2.15. The van der Waals surface area contributed by atoms with E-state index in [0.29, 0.717) is 18.2 Å². The van der Waals surface area contributed by atoms with Crippen molar-refractivity contribution in [1.82, 2.24) is 9.97 Å². The van der Waals surface area contributed by atoms with Crippen molar-refractivity contribution in [3.8, 4) is 11.6 Å². The second-order valence-corrected chi connectivity index (χ2v) is 5.49. The summed E-state index contributed by atoms with van der Waals surface area (Å²) in [5.74, 6) is 1.97. The third-order valence-electron chi connectivity index (χ3n) is 3.17. The molecule has 1 aliphatic rings. The van der Waals surface area contributed by atoms with Gasteiger partial charge < -0.3 is 14.7 Å². The standard InChI is InChI=1S/C14H14BrN3O2/c15-11-3-1-2-4-12(11)20-14-7-13(16-9-17-14)18-6-5-10(19)8-18/h1-4,7,9-10,19H,5-6,8H2/t10-/m0/s1. The highest BCUT2D eigenvalue weighted by Gasteiger charge is 2.21. The summed E-state index contributed by atoms with van der Waals surface area (Å²) < 4.78 is 6.62. The number of benzene rings is 1. The molecule has 0 aliphatic carbocycles. The smallest absolute Gasteiger partial charge is 0.224 e. The lowest BCUT2D eigenvalue weighted by atomic mass is 10.3. The molecule has 0 amide bonds. The van der Waals surface area contributed by atoms with E-state index in [1.807, 2.05) is 29.2 Å². The van der Waals surface area contributed by atoms with Crippen molar-refractivity contribution in [1.29, 1.82) is 0 Å². The molecule has 1 aromatic heterocycles. The molecule has 1 aliphatic heterocycles. The molecule has 2 heterocycles. The summed E-state index contributed by atoms with van der Waals surface area (Å²) in [5.41, 5.74) is 0. The van der Waals surface area contributed by atoms with Crippen LogP contribution in [-0.2, 0) is 0 Å². The fraction of sp³-hybridized carbons (Fsp3) is 0.286. The highest BCUT2D eigenvalue weighted by molar-refractivity contribution is 9.10. The summed E-state index contributed by atoms with van der Waals surface area (Å²) >= 11 is 3.43. The number of anilines is 1. The van der Waals surface area contributed by atoms with Crippen LogP contribution >= 0.6 is 15.9 Å². The molecule has 1 atom stereocenters. The van der Waals surface area contributed by atoms with Gasteiger partial charge in [-0.15, -0.1) is 0 Å². The van der Waals surface area contributed by atoms with Crippen molar-refractivity contribution in [2.24, 2.45) is 0 Å². The third-order valence-corrected chi connectivity index (χ3v) is 3.82. The largest absolute Gasteiger partial charge is 0.438 e. The molecule has 2 aromatic rings. The van der Waals surface area contributed by atoms with E-state index >= 15 is 0 Å². The van der Waals surface area contributed by atoms with Gasteiger partial charge >= 0.3 is 0 Å². The van der Waals surface area contributed by atoms with Crippen LogP contribution in [0.2, 0.25) is 0 Å². The minimum absolute atomic E-state index is 0.280. The van der Waals surface area contributed by atoms with Gasteiger partial charge in [0.05, 0.1) is 10.6 Å². The number of nitrogens with zero attached hydrogens (tertiary/aromatic N) is 3. The highest BCUT2D eigenvalue weighted by Crippen LogP contribution is 2.29. The molecule has 0 unspecified atom stereocenters. The molecule has 6 heteroatoms. The molecule has 1 N–H and O–H groups in total. The van der Waals surface area contributed by atoms with Gasteiger partial charge in [-0.1, -0.05) is 12.1 Å². The minimum atomic E-state index is -0.280. The zero-order valence-corrected chi connectivity index (χ0v) is 12.3. The first-order valence-corrected chi connectivity index (χ1v) is 7.19. The van der Waals surface area contributed by atoms with E-state index in [2.05, 4.69) is 25.9 Å². The summed E-state index contributed by atoms with van der Waals surface area (Å²) in [6, 6.07) is 9.39. The molecule has 3 rings (SSSR count). The van der Waals surface area contributed by atoms with Gasteiger partial charge in [-0.3, -0.25) is 0 Å². The molecule has 1 saturated heterocycles. The summed E-state index contributed by atoms with van der Waals surface area (Å²) in [6.07, 6.45) is 1.97. The van der Waals surface area contributed by atoms with Crippen molar-refractivity contribution in [3.63, 3.8) is 0 Å². The van der Waals surface area contributed by atoms with Gasteiger partial charge in [-0.2, -0.15) is 0 Å². The Morgan fingerprint density at radius 2 is 2.15 bits per heavy atom. The molecule has 0 radical (unpaired) electrons. The van der Waals surface area contributed by atoms with Gasteiger partial charge in [0.15, 0.2) is 0 Å². The first kappa shape index (κ1) is 13.3. The van der Waals surface area contributed by atoms with Crippen molar-refractivity contribution in [2.75, 3.05) is 18.0 Å². The number of ether oxygens (including phenoxy) is 1. The molecule has 0 spiro atoms. The molecular formula is C14H14BrN3O2. The fourth-order valence-corrected chi connectivity index (χ4v) is 2.51. The van der Waals surface area contributed by atoms with Crippen LogP contribution in [0.15, 0.2) is 41.1 Å². The van der Waals surface area contributed by atoms with Crippen LogP contribution in [-0.4, -0.2) is 34.3 Å². The van der Waals surface area contributed by atoms with Crippen LogP contribution in [0.5, 0.6) is 11.6 Å². The number of para-hydroxylation sites is 1. The summed E-state index contributed by atoms with van der Waals surface area (Å²) in [5, 5.41) is 9.58. The number of aliphatic hydroxyl groups excluding tert-OH is 1. The predicted molar refractivity (Wildman–Crippen MR) is 79.1 cm³/mol. The Bertz CT molecular complexity index is 608. The van der Waals surface area contributed by atoms with E-state index in [1.165, 1.54) is 6.33 Å². The highest BCUT2D eigenvalue weighted by atomic mass is 79.9. The Balaban J connectivity index is 1.79. The number of halogens is 1. The van der Waals surface area contributed by atoms with Crippen LogP contribution in [0, 0.1) is 0 Å². The number of hydrogen-bond acceptors (Lipinski definition) is 5. The van der Waals surface area contributed by atoms with Crippen LogP contribution < -0.4 is 9.64 Å². The Labute approximate surface area is 125 Å². The van der Waals surface area contributed by atoms with E-state index in [-0.39, 0.29) is 6.10 Å². The lowest BCUT2D eigenvalue weighted by Crippen LogP contribution is -2.22. The summed E-state index contributed by atoms with van der Waals surface area (Å²) in [6.45, 7) is 1.40. The van der Waals surface area contributed by atoms with Crippen molar-refractivity contribution in [2.45, 2.75) is 12.5 Å². The van der Waals surface area contributed by atoms with Crippen molar-refractivity contribution < 1.29 is 9.84 Å². The summed E-state index contributed by atoms with van der Waals surface area (Å²) in [7, 11) is 0. The van der Waals surface area contributed by atoms with E-state index in [0.717, 1.165) is 23.3 Å². The van der Waals surface area contributed by atoms with E-state index < -0.39 is 0 Å². The Morgan fingerprint density at radius 1 is 1.30 bits per heavy atom. The lowest BCUT2D eigenvalue weighted by Gasteiger charge is -2.16. The van der Waals surface area contributed by atoms with Gasteiger partial charge in [0.2, 0.25) is 5.88 Å². The quantitative estimate of drug-likeness (QED) is 0.934. The number of rotatable bonds is 3. The number of aliphatic hydroxyl groups is 1.